The van der Waals surface area contributed by atoms with Crippen LogP contribution in [-0.2, 0) is 26.3 Å². The number of ether oxygens (including phenoxy) is 2. The van der Waals surface area contributed by atoms with Gasteiger partial charge in [0.05, 0.1) is 11.1 Å². The van der Waals surface area contributed by atoms with Gasteiger partial charge in [0.15, 0.2) is 0 Å². The minimum atomic E-state index is -1.25. The summed E-state index contributed by atoms with van der Waals surface area (Å²) in [6, 6.07) is 19.6. The van der Waals surface area contributed by atoms with Gasteiger partial charge >= 0.3 is 12.1 Å². The Kier molecular flexibility index (Phi) is 7.92. The molecular weight excluding hydrogens is 514 g/mol. The fourth-order valence-electron chi connectivity index (χ4n) is 7.44. The van der Waals surface area contributed by atoms with E-state index >= 15 is 0 Å². The summed E-state index contributed by atoms with van der Waals surface area (Å²) in [4.78, 5) is 30.7. The highest BCUT2D eigenvalue weighted by Crippen LogP contribution is 2.77. The number of benzene rings is 2. The third kappa shape index (κ3) is 4.76. The molecule has 2 saturated carbocycles. The Morgan fingerprint density at radius 2 is 1.49 bits per heavy atom. The molecule has 6 nitrogen and oxygen atoms in total. The summed E-state index contributed by atoms with van der Waals surface area (Å²) in [6.07, 6.45) is 1.57. The van der Waals surface area contributed by atoms with Crippen molar-refractivity contribution in [2.45, 2.75) is 110 Å². The number of carbonyl (C=O) groups excluding carboxylic acids is 2. The summed E-state index contributed by atoms with van der Waals surface area (Å²) in [7, 11) is 0. The van der Waals surface area contributed by atoms with Crippen LogP contribution in [0.1, 0.15) is 92.7 Å². The fourth-order valence-corrected chi connectivity index (χ4v) is 7.44. The van der Waals surface area contributed by atoms with Crippen LogP contribution in [0.25, 0.3) is 0 Å². The quantitative estimate of drug-likeness (QED) is 0.325. The molecule has 4 rings (SSSR count). The first-order valence-corrected chi connectivity index (χ1v) is 14.9. The van der Waals surface area contributed by atoms with Crippen LogP contribution in [0.5, 0.6) is 0 Å². The Labute approximate surface area is 246 Å². The maximum absolute atomic E-state index is 14.7. The van der Waals surface area contributed by atoms with Gasteiger partial charge in [-0.2, -0.15) is 0 Å². The third-order valence-electron chi connectivity index (χ3n) is 11.0. The van der Waals surface area contributed by atoms with Crippen LogP contribution in [0.15, 0.2) is 60.7 Å². The highest BCUT2D eigenvalue weighted by molar-refractivity contribution is 5.87. The molecule has 1 N–H and O–H groups in total. The first-order chi connectivity index (χ1) is 19.0. The number of hydrogen-bond donors (Lipinski definition) is 1. The van der Waals surface area contributed by atoms with Crippen LogP contribution in [0.4, 0.5) is 4.79 Å². The minimum absolute atomic E-state index is 0.188. The van der Waals surface area contributed by atoms with Crippen LogP contribution in [-0.4, -0.2) is 45.4 Å². The summed E-state index contributed by atoms with van der Waals surface area (Å²) in [6.45, 7) is 18.4. The summed E-state index contributed by atoms with van der Waals surface area (Å²) in [5, 5.41) is 10.9. The Morgan fingerprint density at radius 1 is 0.927 bits per heavy atom. The van der Waals surface area contributed by atoms with E-state index in [0.717, 1.165) is 24.0 Å². The molecule has 2 aliphatic rings. The molecule has 0 saturated heterocycles. The van der Waals surface area contributed by atoms with Crippen molar-refractivity contribution in [3.8, 4) is 0 Å². The van der Waals surface area contributed by atoms with E-state index in [1.165, 1.54) is 0 Å². The molecule has 224 valence electrons. The van der Waals surface area contributed by atoms with Crippen molar-refractivity contribution in [1.82, 2.24) is 4.90 Å². The van der Waals surface area contributed by atoms with E-state index < -0.39 is 33.0 Å². The van der Waals surface area contributed by atoms with E-state index in [1.807, 2.05) is 65.6 Å². The first kappa shape index (κ1) is 31.1. The van der Waals surface area contributed by atoms with Gasteiger partial charge < -0.3 is 19.5 Å². The molecular formula is C35H49NO5. The number of fused-ring (bicyclic) bond motifs is 2. The van der Waals surface area contributed by atoms with Gasteiger partial charge in [-0.25, -0.2) is 4.79 Å². The lowest BCUT2D eigenvalue weighted by molar-refractivity contribution is -0.193. The second kappa shape index (κ2) is 10.4. The van der Waals surface area contributed by atoms with Gasteiger partial charge in [-0.05, 0) is 74.8 Å². The summed E-state index contributed by atoms with van der Waals surface area (Å²) in [5.41, 5.74) is -3.25. The molecule has 2 bridgehead atoms. The van der Waals surface area contributed by atoms with Crippen LogP contribution in [0, 0.1) is 16.7 Å². The minimum Gasteiger partial charge on any atom is -0.456 e. The second-order valence-corrected chi connectivity index (χ2v) is 14.4. The Balaban J connectivity index is 1.84. The van der Waals surface area contributed by atoms with Crippen LogP contribution in [0.2, 0.25) is 0 Å². The SMILES string of the molecule is CC(C)CN(C(=O)OCc1ccccc1)[C@]12CC[C@@](C)(C1(C)C)[C@](C(=O)OC(C)(C)C(C)(C)O)(c1ccccc1)C2. The number of rotatable bonds is 9. The number of hydrogen-bond acceptors (Lipinski definition) is 5. The first-order valence-electron chi connectivity index (χ1n) is 14.9. The van der Waals surface area contributed by atoms with Gasteiger partial charge in [-0.1, -0.05) is 95.3 Å². The largest absolute Gasteiger partial charge is 0.456 e. The molecule has 1 amide bonds. The average Bonchev–Trinajstić information content (AvgIpc) is 3.20. The van der Waals surface area contributed by atoms with Gasteiger partial charge in [-0.3, -0.25) is 4.79 Å². The number of esters is 1. The normalized spacial score (nSPS) is 27.1. The van der Waals surface area contributed by atoms with E-state index in [9.17, 15) is 14.7 Å². The molecule has 2 fully saturated rings. The zero-order chi connectivity index (χ0) is 30.5. The van der Waals surface area contributed by atoms with E-state index in [-0.39, 0.29) is 24.6 Å². The van der Waals surface area contributed by atoms with Crippen LogP contribution < -0.4 is 0 Å². The van der Waals surface area contributed by atoms with Crippen molar-refractivity contribution in [3.63, 3.8) is 0 Å². The third-order valence-corrected chi connectivity index (χ3v) is 11.0. The molecule has 2 aliphatic carbocycles. The zero-order valence-electron chi connectivity index (χ0n) is 26.4. The van der Waals surface area contributed by atoms with Gasteiger partial charge in [0.25, 0.3) is 0 Å². The average molecular weight is 564 g/mol. The predicted octanol–water partition coefficient (Wildman–Crippen LogP) is 7.28. The number of aliphatic hydroxyl groups is 1. The molecule has 0 unspecified atom stereocenters. The number of nitrogens with zero attached hydrogens (tertiary/aromatic N) is 1. The zero-order valence-corrected chi connectivity index (χ0v) is 26.4. The van der Waals surface area contributed by atoms with E-state index in [4.69, 9.17) is 9.47 Å². The molecule has 2 aromatic carbocycles. The monoisotopic (exact) mass is 563 g/mol. The maximum Gasteiger partial charge on any atom is 0.410 e. The molecule has 0 radical (unpaired) electrons. The molecule has 0 heterocycles. The van der Waals surface area contributed by atoms with E-state index in [0.29, 0.717) is 13.0 Å². The van der Waals surface area contributed by atoms with E-state index in [2.05, 4.69) is 34.6 Å². The smallest absolute Gasteiger partial charge is 0.410 e. The Bertz CT molecular complexity index is 1250. The topological polar surface area (TPSA) is 76.1 Å². The van der Waals surface area contributed by atoms with Gasteiger partial charge in [0, 0.05) is 6.54 Å². The summed E-state index contributed by atoms with van der Waals surface area (Å²) < 4.78 is 12.3. The molecule has 0 spiro atoms. The Morgan fingerprint density at radius 3 is 2.02 bits per heavy atom. The fraction of sp³-hybridized carbons (Fsp3) is 0.600. The van der Waals surface area contributed by atoms with Gasteiger partial charge in [0.1, 0.15) is 17.6 Å². The highest BCUT2D eigenvalue weighted by atomic mass is 16.6. The van der Waals surface area contributed by atoms with Crippen molar-refractivity contribution in [2.24, 2.45) is 16.7 Å². The highest BCUT2D eigenvalue weighted by Gasteiger charge is 2.80. The molecule has 41 heavy (non-hydrogen) atoms. The van der Waals surface area contributed by atoms with Crippen molar-refractivity contribution < 1.29 is 24.2 Å². The maximum atomic E-state index is 14.7. The molecule has 0 aromatic heterocycles. The lowest BCUT2D eigenvalue weighted by Crippen LogP contribution is -2.58. The lowest BCUT2D eigenvalue weighted by Gasteiger charge is -2.49. The van der Waals surface area contributed by atoms with Crippen molar-refractivity contribution >= 4 is 12.1 Å². The second-order valence-electron chi connectivity index (χ2n) is 14.4. The summed E-state index contributed by atoms with van der Waals surface area (Å²) >= 11 is 0. The molecule has 3 atom stereocenters. The predicted molar refractivity (Wildman–Crippen MR) is 161 cm³/mol. The number of amides is 1. The van der Waals surface area contributed by atoms with Crippen molar-refractivity contribution in [3.05, 3.63) is 71.8 Å². The Hall–Kier alpha value is -2.86. The molecule has 2 aromatic rings. The van der Waals surface area contributed by atoms with Crippen LogP contribution >= 0.6 is 0 Å². The van der Waals surface area contributed by atoms with Gasteiger partial charge in [-0.15, -0.1) is 0 Å². The van der Waals surface area contributed by atoms with Gasteiger partial charge in [0.2, 0.25) is 0 Å². The summed E-state index contributed by atoms with van der Waals surface area (Å²) in [5.74, 6) is -0.153. The van der Waals surface area contributed by atoms with Crippen LogP contribution in [0.3, 0.4) is 0 Å². The lowest BCUT2D eigenvalue weighted by atomic mass is 9.55. The van der Waals surface area contributed by atoms with Crippen molar-refractivity contribution in [1.29, 1.82) is 0 Å². The molecule has 0 aliphatic heterocycles. The standard InChI is InChI=1S/C35H49NO5/c1-25(2)22-36(29(38)40-23-26-16-12-10-13-17-26)34-21-20-33(9,30(34,3)4)35(24-34,27-18-14-11-15-19-27)28(37)41-32(7,8)31(5,6)39/h10-19,25,39H,20-24H2,1-9H3/t33-,34-,35-/m0/s1. The molecule has 6 heteroatoms. The van der Waals surface area contributed by atoms with E-state index in [1.54, 1.807) is 27.7 Å². The number of carbonyl (C=O) groups is 2. The van der Waals surface area contributed by atoms with Crippen molar-refractivity contribution in [2.75, 3.05) is 6.54 Å².